The summed E-state index contributed by atoms with van der Waals surface area (Å²) in [4.78, 5) is 22.1. The Balaban J connectivity index is 1.84. The highest BCUT2D eigenvalue weighted by molar-refractivity contribution is 5.77. The topological polar surface area (TPSA) is 90.7 Å². The fourth-order valence-electron chi connectivity index (χ4n) is 2.12. The average Bonchev–Trinajstić information content (AvgIpc) is 2.97. The number of nitrogens with zero attached hydrogens (tertiary/aromatic N) is 1. The molecule has 1 aliphatic rings. The van der Waals surface area contributed by atoms with Crippen LogP contribution in [0.1, 0.15) is 18.4 Å². The van der Waals surface area contributed by atoms with Crippen molar-refractivity contribution in [3.05, 3.63) is 33.9 Å². The van der Waals surface area contributed by atoms with Crippen molar-refractivity contribution in [1.82, 2.24) is 5.32 Å². The zero-order valence-corrected chi connectivity index (χ0v) is 11.8. The first-order valence-corrected chi connectivity index (χ1v) is 6.82. The molecule has 2 rings (SSSR count). The molecule has 7 heteroatoms. The van der Waals surface area contributed by atoms with Crippen molar-refractivity contribution in [2.45, 2.75) is 25.9 Å². The number of aryl methyl sites for hydroxylation is 1. The molecule has 1 heterocycles. The van der Waals surface area contributed by atoms with E-state index in [1.807, 2.05) is 0 Å². The minimum atomic E-state index is -0.521. The fraction of sp³-hybridized carbons (Fsp3) is 0.500. The largest absolute Gasteiger partial charge is 0.477 e. The highest BCUT2D eigenvalue weighted by Gasteiger charge is 2.18. The van der Waals surface area contributed by atoms with Crippen LogP contribution in [0.5, 0.6) is 5.75 Å². The summed E-state index contributed by atoms with van der Waals surface area (Å²) in [5.41, 5.74) is 0.624. The van der Waals surface area contributed by atoms with Crippen LogP contribution in [0.2, 0.25) is 0 Å². The van der Waals surface area contributed by atoms with E-state index in [0.717, 1.165) is 25.0 Å². The maximum atomic E-state index is 11.7. The second-order valence-electron chi connectivity index (χ2n) is 4.96. The van der Waals surface area contributed by atoms with Crippen LogP contribution in [-0.4, -0.2) is 36.7 Å². The maximum Gasteiger partial charge on any atom is 0.311 e. The first-order valence-electron chi connectivity index (χ1n) is 6.82. The zero-order valence-electron chi connectivity index (χ0n) is 11.8. The number of rotatable bonds is 6. The molecule has 0 radical (unpaired) electrons. The molecule has 1 N–H and O–H groups in total. The van der Waals surface area contributed by atoms with E-state index in [1.54, 1.807) is 13.0 Å². The van der Waals surface area contributed by atoms with Crippen molar-refractivity contribution < 1.29 is 19.2 Å². The van der Waals surface area contributed by atoms with Gasteiger partial charge in [0.2, 0.25) is 0 Å². The van der Waals surface area contributed by atoms with Crippen molar-refractivity contribution in [2.75, 3.05) is 19.8 Å². The van der Waals surface area contributed by atoms with E-state index < -0.39 is 4.92 Å². The van der Waals surface area contributed by atoms with Crippen LogP contribution in [0, 0.1) is 17.0 Å². The number of hydrogen-bond donors (Lipinski definition) is 1. The Bertz CT molecular complexity index is 526. The van der Waals surface area contributed by atoms with E-state index in [9.17, 15) is 14.9 Å². The quantitative estimate of drug-likeness (QED) is 0.635. The van der Waals surface area contributed by atoms with Crippen molar-refractivity contribution in [3.8, 4) is 5.75 Å². The lowest BCUT2D eigenvalue weighted by Gasteiger charge is -2.11. The first kappa shape index (κ1) is 15.2. The Hall–Kier alpha value is -2.15. The molecule has 1 saturated heterocycles. The van der Waals surface area contributed by atoms with Crippen LogP contribution < -0.4 is 10.1 Å². The summed E-state index contributed by atoms with van der Waals surface area (Å²) in [6, 6.07) is 4.62. The van der Waals surface area contributed by atoms with Gasteiger partial charge >= 0.3 is 5.69 Å². The highest BCUT2D eigenvalue weighted by atomic mass is 16.6. The van der Waals surface area contributed by atoms with E-state index in [-0.39, 0.29) is 30.1 Å². The maximum absolute atomic E-state index is 11.7. The van der Waals surface area contributed by atoms with Gasteiger partial charge in [-0.1, -0.05) is 6.07 Å². The Kier molecular flexibility index (Phi) is 5.10. The number of nitrogens with one attached hydrogen (secondary N) is 1. The van der Waals surface area contributed by atoms with Crippen LogP contribution in [0.4, 0.5) is 5.69 Å². The van der Waals surface area contributed by atoms with Crippen molar-refractivity contribution in [3.63, 3.8) is 0 Å². The monoisotopic (exact) mass is 294 g/mol. The Labute approximate surface area is 122 Å². The van der Waals surface area contributed by atoms with E-state index in [0.29, 0.717) is 6.54 Å². The van der Waals surface area contributed by atoms with E-state index in [4.69, 9.17) is 9.47 Å². The number of carbonyl (C=O) groups excluding carboxylic acids is 1. The first-order chi connectivity index (χ1) is 10.1. The summed E-state index contributed by atoms with van der Waals surface area (Å²) < 4.78 is 10.6. The molecule has 1 atom stereocenters. The molecule has 114 valence electrons. The van der Waals surface area contributed by atoms with Gasteiger partial charge in [-0.15, -0.1) is 0 Å². The van der Waals surface area contributed by atoms with Gasteiger partial charge in [0.1, 0.15) is 0 Å². The predicted octanol–water partition coefficient (Wildman–Crippen LogP) is 1.58. The third-order valence-corrected chi connectivity index (χ3v) is 3.22. The van der Waals surface area contributed by atoms with Gasteiger partial charge < -0.3 is 14.8 Å². The van der Waals surface area contributed by atoms with Crippen LogP contribution in [-0.2, 0) is 9.53 Å². The lowest BCUT2D eigenvalue weighted by atomic mass is 10.2. The van der Waals surface area contributed by atoms with Crippen LogP contribution >= 0.6 is 0 Å². The van der Waals surface area contributed by atoms with Crippen LogP contribution in [0.25, 0.3) is 0 Å². The summed E-state index contributed by atoms with van der Waals surface area (Å²) in [5, 5.41) is 13.6. The number of nitro benzene ring substituents is 1. The van der Waals surface area contributed by atoms with E-state index >= 15 is 0 Å². The number of hydrogen-bond acceptors (Lipinski definition) is 5. The summed E-state index contributed by atoms with van der Waals surface area (Å²) >= 11 is 0. The number of amides is 1. The van der Waals surface area contributed by atoms with Gasteiger partial charge in [-0.2, -0.15) is 0 Å². The second kappa shape index (κ2) is 7.03. The lowest BCUT2D eigenvalue weighted by Crippen LogP contribution is -2.35. The van der Waals surface area contributed by atoms with Gasteiger partial charge in [-0.3, -0.25) is 14.9 Å². The van der Waals surface area contributed by atoms with Gasteiger partial charge in [0.05, 0.1) is 11.0 Å². The molecule has 1 aliphatic heterocycles. The second-order valence-corrected chi connectivity index (χ2v) is 4.96. The summed E-state index contributed by atoms with van der Waals surface area (Å²) in [6.45, 7) is 2.67. The highest BCUT2D eigenvalue weighted by Crippen LogP contribution is 2.27. The molecule has 0 saturated carbocycles. The van der Waals surface area contributed by atoms with Gasteiger partial charge in [-0.05, 0) is 31.4 Å². The lowest BCUT2D eigenvalue weighted by molar-refractivity contribution is -0.385. The van der Waals surface area contributed by atoms with E-state index in [2.05, 4.69) is 5.32 Å². The molecule has 1 aromatic carbocycles. The Morgan fingerprint density at radius 3 is 3.05 bits per heavy atom. The summed E-state index contributed by atoms with van der Waals surface area (Å²) in [7, 11) is 0. The third kappa shape index (κ3) is 4.42. The predicted molar refractivity (Wildman–Crippen MR) is 75.3 cm³/mol. The average molecular weight is 294 g/mol. The molecule has 0 unspecified atom stereocenters. The molecule has 1 aromatic rings. The zero-order chi connectivity index (χ0) is 15.2. The molecule has 21 heavy (non-hydrogen) atoms. The fourth-order valence-corrected chi connectivity index (χ4v) is 2.12. The van der Waals surface area contributed by atoms with Gasteiger partial charge in [0, 0.05) is 19.2 Å². The SMILES string of the molecule is Cc1ccc(OCC(=O)NC[C@@H]2CCCO2)c([N+](=O)[O-])c1. The molecular formula is C14H18N2O5. The van der Waals surface area contributed by atoms with Crippen molar-refractivity contribution in [1.29, 1.82) is 0 Å². The van der Waals surface area contributed by atoms with Crippen molar-refractivity contribution >= 4 is 11.6 Å². The molecule has 0 aliphatic carbocycles. The smallest absolute Gasteiger partial charge is 0.311 e. The third-order valence-electron chi connectivity index (χ3n) is 3.22. The number of benzene rings is 1. The Morgan fingerprint density at radius 2 is 2.38 bits per heavy atom. The minimum Gasteiger partial charge on any atom is -0.477 e. The normalized spacial score (nSPS) is 17.5. The van der Waals surface area contributed by atoms with Gasteiger partial charge in [-0.25, -0.2) is 0 Å². The summed E-state index contributed by atoms with van der Waals surface area (Å²) in [5.74, 6) is -0.224. The minimum absolute atomic E-state index is 0.0580. The van der Waals surface area contributed by atoms with Crippen LogP contribution in [0.3, 0.4) is 0 Å². The molecule has 0 spiro atoms. The van der Waals surface area contributed by atoms with Crippen LogP contribution in [0.15, 0.2) is 18.2 Å². The number of carbonyl (C=O) groups is 1. The summed E-state index contributed by atoms with van der Waals surface area (Å²) in [6.07, 6.45) is 2.00. The van der Waals surface area contributed by atoms with Crippen molar-refractivity contribution in [2.24, 2.45) is 0 Å². The Morgan fingerprint density at radius 1 is 1.57 bits per heavy atom. The molecular weight excluding hydrogens is 276 g/mol. The number of nitro groups is 1. The molecule has 0 aromatic heterocycles. The standard InChI is InChI=1S/C14H18N2O5/c1-10-4-5-13(12(7-10)16(18)19)21-9-14(17)15-8-11-3-2-6-20-11/h4-5,7,11H,2-3,6,8-9H2,1H3,(H,15,17)/t11-/m0/s1. The number of ether oxygens (including phenoxy) is 2. The van der Waals surface area contributed by atoms with E-state index in [1.165, 1.54) is 12.1 Å². The van der Waals surface area contributed by atoms with Gasteiger partial charge in [0.25, 0.3) is 5.91 Å². The molecule has 0 bridgehead atoms. The molecule has 7 nitrogen and oxygen atoms in total. The van der Waals surface area contributed by atoms with Gasteiger partial charge in [0.15, 0.2) is 12.4 Å². The molecule has 1 fully saturated rings. The molecule has 1 amide bonds.